The number of piperidine rings is 1. The van der Waals surface area contributed by atoms with Gasteiger partial charge in [-0.1, -0.05) is 36.9 Å². The Kier molecular flexibility index (Phi) is 7.70. The van der Waals surface area contributed by atoms with Crippen LogP contribution in [-0.4, -0.2) is 46.3 Å². The summed E-state index contributed by atoms with van der Waals surface area (Å²) in [6.45, 7) is 9.85. The van der Waals surface area contributed by atoms with E-state index in [0.717, 1.165) is 18.4 Å². The largest absolute Gasteiger partial charge is 0.573 e. The summed E-state index contributed by atoms with van der Waals surface area (Å²) >= 11 is 0. The third-order valence-electron chi connectivity index (χ3n) is 6.48. The van der Waals surface area contributed by atoms with Crippen LogP contribution >= 0.6 is 0 Å². The highest BCUT2D eigenvalue weighted by atomic mass is 19.4. The summed E-state index contributed by atoms with van der Waals surface area (Å²) in [7, 11) is 0. The van der Waals surface area contributed by atoms with Crippen LogP contribution < -0.4 is 9.47 Å². The van der Waals surface area contributed by atoms with Crippen molar-refractivity contribution in [2.45, 2.75) is 82.6 Å². The first-order valence-electron chi connectivity index (χ1n) is 12.8. The number of hydrogen-bond acceptors (Lipinski definition) is 5. The van der Waals surface area contributed by atoms with E-state index in [1.54, 1.807) is 20.8 Å². The molecule has 2 atom stereocenters. The number of hydrogen-bond donors (Lipinski definition) is 1. The summed E-state index contributed by atoms with van der Waals surface area (Å²) < 4.78 is 54.6. The van der Waals surface area contributed by atoms with Gasteiger partial charge in [0.2, 0.25) is 0 Å². The Labute approximate surface area is 221 Å². The van der Waals surface area contributed by atoms with Crippen molar-refractivity contribution >= 4 is 11.7 Å². The Balaban J connectivity index is 1.68. The van der Waals surface area contributed by atoms with E-state index in [-0.39, 0.29) is 12.5 Å². The summed E-state index contributed by atoms with van der Waals surface area (Å²) in [5.74, 6) is -0.0193. The monoisotopic (exact) mass is 533 g/mol. The van der Waals surface area contributed by atoms with Gasteiger partial charge < -0.3 is 19.3 Å². The molecule has 0 bridgehead atoms. The zero-order valence-electron chi connectivity index (χ0n) is 21.9. The smallest absolute Gasteiger partial charge is 0.490 e. The lowest BCUT2D eigenvalue weighted by molar-refractivity contribution is -0.274. The van der Waals surface area contributed by atoms with E-state index < -0.39 is 35.4 Å². The van der Waals surface area contributed by atoms with Crippen molar-refractivity contribution in [1.82, 2.24) is 4.90 Å². The van der Waals surface area contributed by atoms with Crippen LogP contribution in [0.25, 0.3) is 5.57 Å². The molecule has 1 saturated carbocycles. The topological polar surface area (TPSA) is 68.2 Å². The quantitative estimate of drug-likeness (QED) is 0.414. The van der Waals surface area contributed by atoms with Crippen LogP contribution in [0.3, 0.4) is 0 Å². The van der Waals surface area contributed by atoms with Crippen LogP contribution in [0.2, 0.25) is 0 Å². The highest BCUT2D eigenvalue weighted by Gasteiger charge is 2.47. The molecule has 1 saturated heterocycles. The molecule has 2 aromatic carbocycles. The van der Waals surface area contributed by atoms with Crippen molar-refractivity contribution in [1.29, 1.82) is 0 Å². The number of benzene rings is 2. The van der Waals surface area contributed by atoms with Crippen molar-refractivity contribution in [3.05, 3.63) is 66.2 Å². The molecule has 2 aliphatic rings. The molecule has 9 heteroatoms. The third kappa shape index (κ3) is 7.01. The van der Waals surface area contributed by atoms with Crippen molar-refractivity contribution < 1.29 is 37.3 Å². The van der Waals surface area contributed by atoms with E-state index in [0.29, 0.717) is 36.3 Å². The lowest BCUT2D eigenvalue weighted by Crippen LogP contribution is -2.53. The maximum atomic E-state index is 13.2. The molecule has 6 nitrogen and oxygen atoms in total. The van der Waals surface area contributed by atoms with E-state index in [2.05, 4.69) is 11.3 Å². The summed E-state index contributed by atoms with van der Waals surface area (Å²) in [5.41, 5.74) is -0.774. The fourth-order valence-corrected chi connectivity index (χ4v) is 4.85. The number of aliphatic hydroxyl groups is 1. The Hall–Kier alpha value is -3.20. The first-order valence-corrected chi connectivity index (χ1v) is 12.8. The number of alkyl halides is 3. The Bertz CT molecular complexity index is 1160. The number of nitrogens with zero attached hydrogens (tertiary/aromatic N) is 1. The number of rotatable bonds is 7. The molecule has 2 aromatic rings. The highest BCUT2D eigenvalue weighted by molar-refractivity contribution is 5.72. The van der Waals surface area contributed by atoms with Gasteiger partial charge in [0.15, 0.2) is 0 Å². The predicted octanol–water partition coefficient (Wildman–Crippen LogP) is 7.03. The normalized spacial score (nSPS) is 22.1. The van der Waals surface area contributed by atoms with E-state index in [1.807, 2.05) is 30.3 Å². The maximum absolute atomic E-state index is 13.2. The Morgan fingerprint density at radius 2 is 1.82 bits per heavy atom. The number of carbonyl (C=O) groups is 1. The van der Waals surface area contributed by atoms with Gasteiger partial charge in [-0.25, -0.2) is 4.79 Å². The van der Waals surface area contributed by atoms with E-state index >= 15 is 0 Å². The predicted molar refractivity (Wildman–Crippen MR) is 137 cm³/mol. The molecular weight excluding hydrogens is 499 g/mol. The SMILES string of the molecule is C=C(C[C@@]1(O)CCCN(C(=O)OC(C)(C)C)[C@@H]1c1ccccc1)c1cc(OC(F)(F)F)ccc1OC1CC1. The molecule has 38 heavy (non-hydrogen) atoms. The summed E-state index contributed by atoms with van der Waals surface area (Å²) in [4.78, 5) is 14.8. The van der Waals surface area contributed by atoms with Crippen LogP contribution in [0.4, 0.5) is 18.0 Å². The second-order valence-electron chi connectivity index (χ2n) is 11.0. The Morgan fingerprint density at radius 1 is 1.13 bits per heavy atom. The zero-order valence-corrected chi connectivity index (χ0v) is 21.9. The molecule has 0 unspecified atom stereocenters. The van der Waals surface area contributed by atoms with Crippen molar-refractivity contribution in [2.24, 2.45) is 0 Å². The van der Waals surface area contributed by atoms with E-state index in [9.17, 15) is 23.1 Å². The van der Waals surface area contributed by atoms with Gasteiger partial charge in [0.05, 0.1) is 17.7 Å². The number of likely N-dealkylation sites (tertiary alicyclic amines) is 1. The molecule has 0 radical (unpaired) electrons. The Morgan fingerprint density at radius 3 is 2.42 bits per heavy atom. The molecule has 0 aromatic heterocycles. The maximum Gasteiger partial charge on any atom is 0.573 e. The van der Waals surface area contributed by atoms with Crippen LogP contribution in [-0.2, 0) is 4.74 Å². The molecule has 1 aliphatic carbocycles. The van der Waals surface area contributed by atoms with Gasteiger partial charge in [-0.3, -0.25) is 4.90 Å². The molecule has 1 N–H and O–H groups in total. The fourth-order valence-electron chi connectivity index (χ4n) is 4.85. The average Bonchev–Trinajstić information content (AvgIpc) is 3.62. The lowest BCUT2D eigenvalue weighted by atomic mass is 9.76. The second kappa shape index (κ2) is 10.5. The van der Waals surface area contributed by atoms with Crippen molar-refractivity contribution in [3.8, 4) is 11.5 Å². The average molecular weight is 534 g/mol. The van der Waals surface area contributed by atoms with Crippen LogP contribution in [0.5, 0.6) is 11.5 Å². The highest BCUT2D eigenvalue weighted by Crippen LogP contribution is 2.46. The van der Waals surface area contributed by atoms with Crippen LogP contribution in [0.15, 0.2) is 55.1 Å². The van der Waals surface area contributed by atoms with Gasteiger partial charge >= 0.3 is 12.5 Å². The number of ether oxygens (including phenoxy) is 3. The fraction of sp³-hybridized carbons (Fsp3) is 0.483. The number of halogens is 3. The van der Waals surface area contributed by atoms with Gasteiger partial charge in [0.1, 0.15) is 17.1 Å². The van der Waals surface area contributed by atoms with Gasteiger partial charge in [-0.2, -0.15) is 0 Å². The van der Waals surface area contributed by atoms with E-state index in [4.69, 9.17) is 9.47 Å². The molecular formula is C29H34F3NO5. The van der Waals surface area contributed by atoms with Crippen molar-refractivity contribution in [2.75, 3.05) is 6.54 Å². The number of amides is 1. The third-order valence-corrected chi connectivity index (χ3v) is 6.48. The molecule has 4 rings (SSSR count). The van der Waals surface area contributed by atoms with E-state index in [1.165, 1.54) is 23.1 Å². The molecule has 1 amide bonds. The van der Waals surface area contributed by atoms with Gasteiger partial charge in [0, 0.05) is 18.5 Å². The summed E-state index contributed by atoms with van der Waals surface area (Å²) in [6.07, 6.45) is -2.85. The van der Waals surface area contributed by atoms with Gasteiger partial charge in [0.25, 0.3) is 0 Å². The van der Waals surface area contributed by atoms with Crippen molar-refractivity contribution in [3.63, 3.8) is 0 Å². The lowest BCUT2D eigenvalue weighted by Gasteiger charge is -2.47. The van der Waals surface area contributed by atoms with Gasteiger partial charge in [-0.05, 0) is 75.8 Å². The molecule has 1 heterocycles. The number of carbonyl (C=O) groups excluding carboxylic acids is 1. The van der Waals surface area contributed by atoms with Crippen LogP contribution in [0.1, 0.15) is 70.0 Å². The molecule has 1 aliphatic heterocycles. The molecule has 2 fully saturated rings. The first-order chi connectivity index (χ1) is 17.7. The first kappa shape index (κ1) is 27.8. The van der Waals surface area contributed by atoms with Crippen LogP contribution in [0, 0.1) is 0 Å². The minimum Gasteiger partial charge on any atom is -0.490 e. The standard InChI is InChI=1S/C29H34F3NO5/c1-19(23-17-22(37-29(30,31)32)13-14-24(23)36-21-11-12-21)18-28(35)15-8-16-33(26(34)38-27(2,3)4)25(28)20-9-6-5-7-10-20/h5-7,9-10,13-14,17,21,25,35H,1,8,11-12,15-16,18H2,2-4H3/t25-,28+/m1/s1. The zero-order chi connectivity index (χ0) is 27.7. The minimum atomic E-state index is -4.86. The summed E-state index contributed by atoms with van der Waals surface area (Å²) in [6, 6.07) is 12.3. The molecule has 0 spiro atoms. The van der Waals surface area contributed by atoms with Gasteiger partial charge in [-0.15, -0.1) is 13.2 Å². The molecule has 206 valence electrons. The minimum absolute atomic E-state index is 0.00608. The summed E-state index contributed by atoms with van der Waals surface area (Å²) in [5, 5.41) is 12.1. The second-order valence-corrected chi connectivity index (χ2v) is 11.0.